The first-order chi connectivity index (χ1) is 18.8. The average molecular weight is 525 g/mol. The van der Waals surface area contributed by atoms with E-state index in [0.717, 1.165) is 11.1 Å². The minimum absolute atomic E-state index is 0.0435. The third-order valence-electron chi connectivity index (χ3n) is 5.63. The Balaban J connectivity index is 1.43. The molecule has 0 unspecified atom stereocenters. The van der Waals surface area contributed by atoms with Crippen molar-refractivity contribution in [3.63, 3.8) is 0 Å². The third kappa shape index (κ3) is 6.77. The zero-order valence-electron chi connectivity index (χ0n) is 20.4. The summed E-state index contributed by atoms with van der Waals surface area (Å²) in [7, 11) is 0. The van der Waals surface area contributed by atoms with Crippen LogP contribution in [0.4, 0.5) is 0 Å². The van der Waals surface area contributed by atoms with Crippen molar-refractivity contribution in [3.8, 4) is 23.0 Å². The fraction of sp³-hybridized carbons (Fsp3) is 0.0345. The van der Waals surface area contributed by atoms with E-state index in [1.807, 2.05) is 0 Å². The number of nitrogens with one attached hydrogen (secondary N) is 2. The number of nitrogens with zero attached hydrogens (tertiary/aromatic N) is 2. The number of phenolic OH excluding ortho intramolecular Hbond substituents is 4. The van der Waals surface area contributed by atoms with Crippen molar-refractivity contribution in [2.75, 3.05) is 0 Å². The summed E-state index contributed by atoms with van der Waals surface area (Å²) in [6, 6.07) is 21.9. The number of amides is 2. The predicted octanol–water partition coefficient (Wildman–Crippen LogP) is 3.63. The Hall–Kier alpha value is -5.64. The molecule has 0 atom stereocenters. The van der Waals surface area contributed by atoms with Crippen LogP contribution in [-0.4, -0.2) is 44.7 Å². The number of hydrogen-bond donors (Lipinski definition) is 6. The number of hydrogen-bond acceptors (Lipinski definition) is 8. The van der Waals surface area contributed by atoms with Gasteiger partial charge in [0.2, 0.25) is 0 Å². The Labute approximate surface area is 223 Å². The molecular weight excluding hydrogens is 500 g/mol. The standard InChI is InChI=1S/C29H24N4O6/c34-24-11-9-18(14-20(24)16-30-32-28(38)22-5-1-3-7-26(22)36)13-19-10-12-25(35)21(15-19)17-31-33-29(39)23-6-2-4-8-27(23)37/h1-12,14-17,34-37H,13H2,(H,32,38)(H,33,39). The van der Waals surface area contributed by atoms with E-state index < -0.39 is 11.8 Å². The second-order valence-electron chi connectivity index (χ2n) is 8.40. The van der Waals surface area contributed by atoms with E-state index in [0.29, 0.717) is 17.5 Å². The Morgan fingerprint density at radius 2 is 1.00 bits per heavy atom. The van der Waals surface area contributed by atoms with Crippen LogP contribution in [0.25, 0.3) is 0 Å². The average Bonchev–Trinajstić information content (AvgIpc) is 2.92. The van der Waals surface area contributed by atoms with Crippen molar-refractivity contribution in [3.05, 3.63) is 118 Å². The van der Waals surface area contributed by atoms with Crippen LogP contribution < -0.4 is 10.9 Å². The van der Waals surface area contributed by atoms with Crippen LogP contribution in [0.15, 0.2) is 95.1 Å². The summed E-state index contributed by atoms with van der Waals surface area (Å²) in [5.41, 5.74) is 7.09. The van der Waals surface area contributed by atoms with E-state index in [2.05, 4.69) is 21.1 Å². The van der Waals surface area contributed by atoms with E-state index >= 15 is 0 Å². The third-order valence-corrected chi connectivity index (χ3v) is 5.63. The van der Waals surface area contributed by atoms with Gasteiger partial charge in [-0.15, -0.1) is 0 Å². The smallest absolute Gasteiger partial charge is 0.275 e. The van der Waals surface area contributed by atoms with Crippen LogP contribution in [-0.2, 0) is 6.42 Å². The fourth-order valence-electron chi connectivity index (χ4n) is 3.64. The number of para-hydroxylation sites is 2. The van der Waals surface area contributed by atoms with Gasteiger partial charge in [0.05, 0.1) is 23.6 Å². The number of carbonyl (C=O) groups is 2. The van der Waals surface area contributed by atoms with Gasteiger partial charge in [0, 0.05) is 11.1 Å². The van der Waals surface area contributed by atoms with E-state index in [9.17, 15) is 30.0 Å². The van der Waals surface area contributed by atoms with Crippen LogP contribution in [0.3, 0.4) is 0 Å². The van der Waals surface area contributed by atoms with Gasteiger partial charge < -0.3 is 20.4 Å². The lowest BCUT2D eigenvalue weighted by atomic mass is 10.0. The van der Waals surface area contributed by atoms with E-state index in [1.54, 1.807) is 48.5 Å². The zero-order valence-corrected chi connectivity index (χ0v) is 20.4. The lowest BCUT2D eigenvalue weighted by Gasteiger charge is -2.08. The van der Waals surface area contributed by atoms with Crippen LogP contribution in [0, 0.1) is 0 Å². The summed E-state index contributed by atoms with van der Waals surface area (Å²) >= 11 is 0. The molecule has 0 radical (unpaired) electrons. The normalized spacial score (nSPS) is 11.1. The second-order valence-corrected chi connectivity index (χ2v) is 8.40. The molecule has 0 saturated carbocycles. The minimum atomic E-state index is -0.602. The monoisotopic (exact) mass is 524 g/mol. The molecule has 10 heteroatoms. The molecule has 0 heterocycles. The fourth-order valence-corrected chi connectivity index (χ4v) is 3.64. The summed E-state index contributed by atoms with van der Waals surface area (Å²) in [6.45, 7) is 0. The van der Waals surface area contributed by atoms with E-state index in [4.69, 9.17) is 0 Å². The van der Waals surface area contributed by atoms with Crippen LogP contribution >= 0.6 is 0 Å². The first kappa shape index (κ1) is 26.4. The molecule has 0 aliphatic rings. The Bertz CT molecular complexity index is 1470. The first-order valence-electron chi connectivity index (χ1n) is 11.7. The van der Waals surface area contributed by atoms with Gasteiger partial charge in [-0.3, -0.25) is 9.59 Å². The number of carbonyl (C=O) groups excluding carboxylic acids is 2. The van der Waals surface area contributed by atoms with Gasteiger partial charge in [0.25, 0.3) is 11.8 Å². The minimum Gasteiger partial charge on any atom is -0.507 e. The molecular formula is C29H24N4O6. The highest BCUT2D eigenvalue weighted by Gasteiger charge is 2.10. The molecule has 10 nitrogen and oxygen atoms in total. The summed E-state index contributed by atoms with van der Waals surface area (Å²) in [6.07, 6.45) is 3.01. The van der Waals surface area contributed by atoms with Gasteiger partial charge in [-0.25, -0.2) is 10.9 Å². The molecule has 0 fully saturated rings. The number of hydrazone groups is 2. The van der Waals surface area contributed by atoms with Crippen molar-refractivity contribution < 1.29 is 30.0 Å². The van der Waals surface area contributed by atoms with E-state index in [-0.39, 0.29) is 34.1 Å². The maximum atomic E-state index is 12.2. The molecule has 39 heavy (non-hydrogen) atoms. The SMILES string of the molecule is O=C(NN=Cc1cc(Cc2ccc(O)c(C=NNC(=O)c3ccccc3O)c2)ccc1O)c1ccccc1O. The largest absolute Gasteiger partial charge is 0.507 e. The summed E-state index contributed by atoms with van der Waals surface area (Å²) in [5.74, 6) is -1.64. The maximum absolute atomic E-state index is 12.2. The van der Waals surface area contributed by atoms with Gasteiger partial charge in [-0.05, 0) is 66.1 Å². The highest BCUT2D eigenvalue weighted by molar-refractivity contribution is 5.98. The van der Waals surface area contributed by atoms with Gasteiger partial charge in [-0.2, -0.15) is 10.2 Å². The number of aromatic hydroxyl groups is 4. The van der Waals surface area contributed by atoms with Crippen molar-refractivity contribution in [1.82, 2.24) is 10.9 Å². The van der Waals surface area contributed by atoms with Gasteiger partial charge in [0.15, 0.2) is 0 Å². The van der Waals surface area contributed by atoms with E-state index in [1.165, 1.54) is 48.8 Å². The molecule has 196 valence electrons. The highest BCUT2D eigenvalue weighted by atomic mass is 16.3. The molecule has 2 amide bonds. The lowest BCUT2D eigenvalue weighted by molar-refractivity contribution is 0.0944. The maximum Gasteiger partial charge on any atom is 0.275 e. The van der Waals surface area contributed by atoms with Crippen LogP contribution in [0.2, 0.25) is 0 Å². The van der Waals surface area contributed by atoms with Gasteiger partial charge >= 0.3 is 0 Å². The molecule has 0 aliphatic heterocycles. The van der Waals surface area contributed by atoms with Crippen molar-refractivity contribution in [2.45, 2.75) is 6.42 Å². The summed E-state index contributed by atoms with van der Waals surface area (Å²) in [4.78, 5) is 24.4. The van der Waals surface area contributed by atoms with Crippen molar-refractivity contribution in [1.29, 1.82) is 0 Å². The van der Waals surface area contributed by atoms with Crippen LogP contribution in [0.5, 0.6) is 23.0 Å². The zero-order chi connectivity index (χ0) is 27.8. The molecule has 4 rings (SSSR count). The molecule has 0 aliphatic carbocycles. The summed E-state index contributed by atoms with van der Waals surface area (Å²) in [5, 5.41) is 47.7. The molecule has 6 N–H and O–H groups in total. The Morgan fingerprint density at radius 3 is 1.41 bits per heavy atom. The van der Waals surface area contributed by atoms with Crippen molar-refractivity contribution >= 4 is 24.2 Å². The topological polar surface area (TPSA) is 164 Å². The second kappa shape index (κ2) is 12.1. The quantitative estimate of drug-likeness (QED) is 0.152. The number of benzene rings is 4. The molecule has 4 aromatic rings. The number of phenols is 4. The molecule has 0 aromatic heterocycles. The molecule has 0 spiro atoms. The highest BCUT2D eigenvalue weighted by Crippen LogP contribution is 2.22. The van der Waals surface area contributed by atoms with Crippen LogP contribution in [0.1, 0.15) is 43.0 Å². The van der Waals surface area contributed by atoms with Gasteiger partial charge in [-0.1, -0.05) is 36.4 Å². The molecule has 0 bridgehead atoms. The van der Waals surface area contributed by atoms with Crippen molar-refractivity contribution in [2.24, 2.45) is 10.2 Å². The molecule has 0 saturated heterocycles. The Morgan fingerprint density at radius 1 is 0.590 bits per heavy atom. The molecule has 4 aromatic carbocycles. The van der Waals surface area contributed by atoms with Gasteiger partial charge in [0.1, 0.15) is 23.0 Å². The lowest BCUT2D eigenvalue weighted by Crippen LogP contribution is -2.17. The first-order valence-corrected chi connectivity index (χ1v) is 11.7. The Kier molecular flexibility index (Phi) is 8.17. The number of rotatable bonds is 8. The predicted molar refractivity (Wildman–Crippen MR) is 145 cm³/mol. The summed E-state index contributed by atoms with van der Waals surface area (Å²) < 4.78 is 0.